The lowest BCUT2D eigenvalue weighted by atomic mass is 9.43. The zero-order valence-corrected chi connectivity index (χ0v) is 15.7. The molecule has 3 fully saturated rings. The average molecular weight is 334 g/mol. The van der Waals surface area contributed by atoms with E-state index in [1.807, 2.05) is 6.92 Å². The van der Waals surface area contributed by atoms with E-state index in [4.69, 9.17) is 0 Å². The Kier molecular flexibility index (Phi) is 4.28. The first-order valence-corrected chi connectivity index (χ1v) is 9.64. The third-order valence-electron chi connectivity index (χ3n) is 8.69. The van der Waals surface area contributed by atoms with Gasteiger partial charge in [0.25, 0.3) is 0 Å². The molecule has 8 atom stereocenters. The van der Waals surface area contributed by atoms with Gasteiger partial charge in [-0.05, 0) is 67.6 Å². The molecule has 0 heterocycles. The molecule has 136 valence electrons. The number of allylic oxidation sites excluding steroid dienone is 1. The first kappa shape index (κ1) is 18.1. The Balaban J connectivity index is 2.21. The van der Waals surface area contributed by atoms with Crippen molar-refractivity contribution >= 4 is 5.78 Å². The van der Waals surface area contributed by atoms with Crippen LogP contribution >= 0.6 is 0 Å². The highest BCUT2D eigenvalue weighted by molar-refractivity contribution is 5.89. The van der Waals surface area contributed by atoms with Gasteiger partial charge in [0.15, 0.2) is 0 Å². The maximum Gasteiger partial charge on any atom is 0.145 e. The van der Waals surface area contributed by atoms with Crippen LogP contribution in [0.1, 0.15) is 59.8 Å². The summed E-state index contributed by atoms with van der Waals surface area (Å²) in [6, 6.07) is 0. The van der Waals surface area contributed by atoms with Gasteiger partial charge < -0.3 is 10.2 Å². The van der Waals surface area contributed by atoms with E-state index in [1.54, 1.807) is 6.08 Å². The molecule has 2 bridgehead atoms. The highest BCUT2D eigenvalue weighted by Crippen LogP contribution is 2.69. The minimum Gasteiger partial charge on any atom is -0.396 e. The van der Waals surface area contributed by atoms with Crippen molar-refractivity contribution in [1.29, 1.82) is 0 Å². The normalized spacial score (nSPS) is 54.8. The van der Waals surface area contributed by atoms with E-state index in [1.165, 1.54) is 0 Å². The van der Waals surface area contributed by atoms with E-state index in [9.17, 15) is 15.0 Å². The summed E-state index contributed by atoms with van der Waals surface area (Å²) in [5.41, 5.74) is -0.981. The number of hydrogen-bond acceptors (Lipinski definition) is 3. The van der Waals surface area contributed by atoms with Gasteiger partial charge >= 0.3 is 0 Å². The van der Waals surface area contributed by atoms with E-state index in [-0.39, 0.29) is 41.0 Å². The summed E-state index contributed by atoms with van der Waals surface area (Å²) in [7, 11) is 0. The molecule has 2 N–H and O–H groups in total. The number of hydrogen-bond donors (Lipinski definition) is 2. The van der Waals surface area contributed by atoms with Crippen LogP contribution in [-0.2, 0) is 4.79 Å². The molecule has 1 unspecified atom stereocenters. The Hall–Kier alpha value is -0.670. The molecule has 0 spiro atoms. The predicted octanol–water partition coefficient (Wildman–Crippen LogP) is 3.59. The quantitative estimate of drug-likeness (QED) is 0.759. The fraction of sp³-hybridized carbons (Fsp3) is 0.857. The Morgan fingerprint density at radius 1 is 1.25 bits per heavy atom. The van der Waals surface area contributed by atoms with Crippen molar-refractivity contribution in [2.24, 2.45) is 39.9 Å². The molecule has 0 aromatic rings. The minimum absolute atomic E-state index is 0.0404. The fourth-order valence-electron chi connectivity index (χ4n) is 6.85. The van der Waals surface area contributed by atoms with Crippen molar-refractivity contribution in [2.45, 2.75) is 65.9 Å². The lowest BCUT2D eigenvalue weighted by Crippen LogP contribution is -2.61. The molecule has 24 heavy (non-hydrogen) atoms. The van der Waals surface area contributed by atoms with Crippen LogP contribution in [0, 0.1) is 39.9 Å². The monoisotopic (exact) mass is 334 g/mol. The second-order valence-electron chi connectivity index (χ2n) is 9.43. The summed E-state index contributed by atoms with van der Waals surface area (Å²) < 4.78 is 0. The van der Waals surface area contributed by atoms with Crippen molar-refractivity contribution in [1.82, 2.24) is 0 Å². The van der Waals surface area contributed by atoms with Gasteiger partial charge in [-0.1, -0.05) is 26.8 Å². The number of rotatable bonds is 2. The molecule has 0 saturated heterocycles. The Labute approximate surface area is 146 Å². The van der Waals surface area contributed by atoms with E-state index in [2.05, 4.69) is 27.4 Å². The second kappa shape index (κ2) is 5.67. The smallest absolute Gasteiger partial charge is 0.145 e. The fourth-order valence-corrected chi connectivity index (χ4v) is 6.85. The molecular weight excluding hydrogens is 300 g/mol. The lowest BCUT2D eigenvalue weighted by Gasteiger charge is -2.61. The number of aliphatic hydroxyl groups is 2. The van der Waals surface area contributed by atoms with Crippen LogP contribution in [0.5, 0.6) is 0 Å². The molecule has 0 aromatic heterocycles. The number of ketones is 1. The third-order valence-corrected chi connectivity index (χ3v) is 8.69. The van der Waals surface area contributed by atoms with Gasteiger partial charge in [-0.15, -0.1) is 6.58 Å². The van der Waals surface area contributed by atoms with E-state index in [0.29, 0.717) is 12.3 Å². The summed E-state index contributed by atoms with van der Waals surface area (Å²) in [5.74, 6) is 1.02. The van der Waals surface area contributed by atoms with Crippen LogP contribution in [0.3, 0.4) is 0 Å². The molecule has 3 rings (SSSR count). The van der Waals surface area contributed by atoms with Crippen LogP contribution in [0.25, 0.3) is 0 Å². The molecule has 0 aromatic carbocycles. The largest absolute Gasteiger partial charge is 0.396 e. The van der Waals surface area contributed by atoms with E-state index < -0.39 is 11.5 Å². The van der Waals surface area contributed by atoms with Crippen molar-refractivity contribution in [2.75, 3.05) is 6.61 Å². The molecule has 0 aliphatic heterocycles. The van der Waals surface area contributed by atoms with E-state index >= 15 is 0 Å². The summed E-state index contributed by atoms with van der Waals surface area (Å²) >= 11 is 0. The topological polar surface area (TPSA) is 57.5 Å². The van der Waals surface area contributed by atoms with Crippen molar-refractivity contribution < 1.29 is 15.0 Å². The zero-order valence-electron chi connectivity index (χ0n) is 15.7. The standard InChI is InChI=1S/C21H34O3/c1-6-19(4)11-16(23)20(5)13(2)7-9-21(14(3)18(19)24)10-8-15(12-22)17(20)21/h6,13-17,22-23H,1,7-12H2,2-5H3/t13-,14-,15+,16-,17?,19-,20+,21+/m1/s1. The van der Waals surface area contributed by atoms with Crippen LogP contribution < -0.4 is 0 Å². The SMILES string of the molecule is C=C[C@]1(C)C[C@@H](O)[C@@]2(C)C3[C@H](CO)CC[C@@]3(CC[C@H]2C)[C@H](C)C1=O. The molecule has 3 aliphatic carbocycles. The molecule has 3 aliphatic rings. The Bertz CT molecular complexity index is 543. The minimum atomic E-state index is -0.660. The summed E-state index contributed by atoms with van der Waals surface area (Å²) in [6.45, 7) is 12.6. The van der Waals surface area contributed by atoms with Gasteiger partial charge in [0.05, 0.1) is 6.10 Å². The van der Waals surface area contributed by atoms with Crippen molar-refractivity contribution in [3.05, 3.63) is 12.7 Å². The molecule has 3 saturated carbocycles. The highest BCUT2D eigenvalue weighted by atomic mass is 16.3. The first-order valence-electron chi connectivity index (χ1n) is 9.64. The van der Waals surface area contributed by atoms with Crippen molar-refractivity contribution in [3.8, 4) is 0 Å². The maximum absolute atomic E-state index is 13.4. The average Bonchev–Trinajstić information content (AvgIpc) is 2.96. The van der Waals surface area contributed by atoms with Gasteiger partial charge in [0, 0.05) is 17.9 Å². The summed E-state index contributed by atoms with van der Waals surface area (Å²) in [6.07, 6.45) is 5.74. The van der Waals surface area contributed by atoms with Gasteiger partial charge in [0.1, 0.15) is 5.78 Å². The highest BCUT2D eigenvalue weighted by Gasteiger charge is 2.66. The van der Waals surface area contributed by atoms with E-state index in [0.717, 1.165) is 25.7 Å². The Morgan fingerprint density at radius 3 is 2.46 bits per heavy atom. The molecule has 3 nitrogen and oxygen atoms in total. The van der Waals surface area contributed by atoms with Gasteiger partial charge in [-0.25, -0.2) is 0 Å². The second-order valence-corrected chi connectivity index (χ2v) is 9.43. The van der Waals surface area contributed by atoms with Crippen LogP contribution in [-0.4, -0.2) is 28.7 Å². The third kappa shape index (κ3) is 2.07. The zero-order chi connectivity index (χ0) is 17.9. The summed E-state index contributed by atoms with van der Waals surface area (Å²) in [5, 5.41) is 21.3. The number of aliphatic hydroxyl groups excluding tert-OH is 2. The van der Waals surface area contributed by atoms with Gasteiger partial charge in [-0.3, -0.25) is 4.79 Å². The molecular formula is C21H34O3. The summed E-state index contributed by atoms with van der Waals surface area (Å²) in [4.78, 5) is 13.4. The first-order chi connectivity index (χ1) is 11.2. The molecule has 3 heteroatoms. The Morgan fingerprint density at radius 2 is 1.88 bits per heavy atom. The molecule has 0 amide bonds. The van der Waals surface area contributed by atoms with Crippen molar-refractivity contribution in [3.63, 3.8) is 0 Å². The van der Waals surface area contributed by atoms with Crippen LogP contribution in [0.4, 0.5) is 0 Å². The molecule has 0 radical (unpaired) electrons. The number of Topliss-reactive ketones (excluding diaryl/α,β-unsaturated/α-hetero) is 1. The van der Waals surface area contributed by atoms with Crippen LogP contribution in [0.15, 0.2) is 12.7 Å². The number of carbonyl (C=O) groups excluding carboxylic acids is 1. The van der Waals surface area contributed by atoms with Gasteiger partial charge in [0.2, 0.25) is 0 Å². The predicted molar refractivity (Wildman–Crippen MR) is 95.3 cm³/mol. The number of carbonyl (C=O) groups is 1. The van der Waals surface area contributed by atoms with Gasteiger partial charge in [-0.2, -0.15) is 0 Å². The van der Waals surface area contributed by atoms with Crippen LogP contribution in [0.2, 0.25) is 0 Å². The lowest BCUT2D eigenvalue weighted by molar-refractivity contribution is -0.181. The maximum atomic E-state index is 13.4.